The zero-order valence-corrected chi connectivity index (χ0v) is 14.6. The van der Waals surface area contributed by atoms with Crippen LogP contribution in [0.4, 0.5) is 0 Å². The summed E-state index contributed by atoms with van der Waals surface area (Å²) in [5.74, 6) is -0.283. The monoisotopic (exact) mass is 333 g/mol. The lowest BCUT2D eigenvalue weighted by Gasteiger charge is -2.20. The molecule has 3 nitrogen and oxygen atoms in total. The van der Waals surface area contributed by atoms with Crippen LogP contribution >= 0.6 is 24.0 Å². The fraction of sp³-hybridized carbons (Fsp3) is 0.294. The van der Waals surface area contributed by atoms with Crippen molar-refractivity contribution in [3.05, 3.63) is 57.6 Å². The van der Waals surface area contributed by atoms with Crippen LogP contribution in [0, 0.1) is 0 Å². The normalized spacial score (nSPS) is 16.3. The van der Waals surface area contributed by atoms with Crippen molar-refractivity contribution < 1.29 is 9.53 Å². The molecule has 0 saturated heterocycles. The molecule has 2 rings (SSSR count). The number of carbonyl (C=O) groups is 1. The van der Waals surface area contributed by atoms with Crippen molar-refractivity contribution in [3.8, 4) is 0 Å². The molecule has 0 spiro atoms. The van der Waals surface area contributed by atoms with Crippen molar-refractivity contribution in [2.75, 3.05) is 13.7 Å². The van der Waals surface area contributed by atoms with Crippen LogP contribution in [0.1, 0.15) is 25.8 Å². The molecule has 1 aromatic carbocycles. The van der Waals surface area contributed by atoms with Gasteiger partial charge in [0.15, 0.2) is 0 Å². The van der Waals surface area contributed by atoms with Crippen LogP contribution in [-0.2, 0) is 9.53 Å². The number of allylic oxidation sites excluding steroid dienone is 2. The van der Waals surface area contributed by atoms with E-state index in [1.807, 2.05) is 43.3 Å². The summed E-state index contributed by atoms with van der Waals surface area (Å²) >= 11 is 6.95. The molecule has 0 bridgehead atoms. The minimum Gasteiger partial charge on any atom is -0.465 e. The molecule has 1 aromatic rings. The Morgan fingerprint density at radius 2 is 2.00 bits per heavy atom. The molecule has 0 atom stereocenters. The molecule has 116 valence electrons. The van der Waals surface area contributed by atoms with E-state index in [0.29, 0.717) is 4.91 Å². The van der Waals surface area contributed by atoms with Crippen molar-refractivity contribution >= 4 is 34.8 Å². The first-order valence-corrected chi connectivity index (χ1v) is 8.42. The first-order valence-electron chi connectivity index (χ1n) is 7.20. The molecule has 0 aliphatic carbocycles. The van der Waals surface area contributed by atoms with E-state index in [2.05, 4.69) is 11.8 Å². The van der Waals surface area contributed by atoms with Crippen molar-refractivity contribution in [1.29, 1.82) is 0 Å². The lowest BCUT2D eigenvalue weighted by molar-refractivity contribution is -0.135. The number of ether oxygens (including phenoxy) is 1. The molecule has 1 aliphatic heterocycles. The molecule has 1 heterocycles. The number of benzene rings is 1. The summed E-state index contributed by atoms with van der Waals surface area (Å²) in [4.78, 5) is 15.5. The molecule has 1 aliphatic rings. The quantitative estimate of drug-likeness (QED) is 0.350. The van der Waals surface area contributed by atoms with Gasteiger partial charge < -0.3 is 9.64 Å². The molecule has 0 amide bonds. The number of thiocarbonyl (C=S) groups is 1. The number of hydrogen-bond donors (Lipinski definition) is 0. The summed E-state index contributed by atoms with van der Waals surface area (Å²) in [5, 5.41) is 0.980. The van der Waals surface area contributed by atoms with Crippen molar-refractivity contribution in [3.63, 3.8) is 0 Å². The highest BCUT2D eigenvalue weighted by Gasteiger charge is 2.30. The molecule has 0 radical (unpaired) electrons. The van der Waals surface area contributed by atoms with Crippen LogP contribution in [0.25, 0.3) is 0 Å². The maximum Gasteiger partial charge on any atom is 0.346 e. The Balaban J connectivity index is 2.32. The van der Waals surface area contributed by atoms with Crippen LogP contribution in [0.3, 0.4) is 0 Å². The summed E-state index contributed by atoms with van der Waals surface area (Å²) in [6.07, 6.45) is 2.74. The Morgan fingerprint density at radius 1 is 1.32 bits per heavy atom. The summed E-state index contributed by atoms with van der Waals surface area (Å²) in [7, 11) is 1.41. The van der Waals surface area contributed by atoms with Gasteiger partial charge >= 0.3 is 5.97 Å². The van der Waals surface area contributed by atoms with Gasteiger partial charge in [0.25, 0.3) is 0 Å². The van der Waals surface area contributed by atoms with Crippen LogP contribution in [-0.4, -0.2) is 29.4 Å². The van der Waals surface area contributed by atoms with Gasteiger partial charge in [-0.05, 0) is 25.0 Å². The lowest BCUT2D eigenvalue weighted by Crippen LogP contribution is -2.18. The third kappa shape index (κ3) is 3.42. The van der Waals surface area contributed by atoms with E-state index in [-0.39, 0.29) is 5.97 Å². The number of esters is 1. The Hall–Kier alpha value is -1.59. The molecule has 0 fully saturated rings. The Bertz CT molecular complexity index is 635. The van der Waals surface area contributed by atoms with Gasteiger partial charge in [-0.25, -0.2) is 4.79 Å². The predicted molar refractivity (Wildman–Crippen MR) is 95.5 cm³/mol. The number of hydrogen-bond acceptors (Lipinski definition) is 5. The number of carbonyl (C=O) groups excluding carboxylic acids is 1. The molecule has 0 N–H and O–H groups in total. The number of thioether (sulfide) groups is 1. The standard InChI is InChI=1S/C17H19NO2S2/c1-4-13-16(17(19)20-3)22-15(18(13)5-2)11-14(21)12-9-7-6-8-10-12/h6-11H,4-5H2,1-3H3/b15-11+. The summed E-state index contributed by atoms with van der Waals surface area (Å²) in [6, 6.07) is 9.88. The van der Waals surface area contributed by atoms with E-state index in [9.17, 15) is 4.79 Å². The summed E-state index contributed by atoms with van der Waals surface area (Å²) in [6.45, 7) is 4.90. The van der Waals surface area contributed by atoms with Crippen LogP contribution in [0.5, 0.6) is 0 Å². The SMILES string of the molecule is CCC1=C(C(=O)OC)S/C(=C/C(=S)c2ccccc2)N1CC. The Morgan fingerprint density at radius 3 is 2.55 bits per heavy atom. The maximum atomic E-state index is 12.0. The lowest BCUT2D eigenvalue weighted by atomic mass is 10.1. The Labute approximate surface area is 141 Å². The van der Waals surface area contributed by atoms with Gasteiger partial charge in [0.05, 0.1) is 12.1 Å². The second-order valence-corrected chi connectivity index (χ2v) is 6.15. The van der Waals surface area contributed by atoms with Gasteiger partial charge in [-0.3, -0.25) is 0 Å². The molecular formula is C17H19NO2S2. The van der Waals surface area contributed by atoms with Crippen molar-refractivity contribution in [1.82, 2.24) is 4.90 Å². The molecular weight excluding hydrogens is 314 g/mol. The third-order valence-electron chi connectivity index (χ3n) is 3.40. The van der Waals surface area contributed by atoms with E-state index < -0.39 is 0 Å². The Kier molecular flexibility index (Phi) is 5.80. The van der Waals surface area contributed by atoms with Crippen molar-refractivity contribution in [2.24, 2.45) is 0 Å². The van der Waals surface area contributed by atoms with Gasteiger partial charge in [0.2, 0.25) is 0 Å². The average Bonchev–Trinajstić information content (AvgIpc) is 2.92. The largest absolute Gasteiger partial charge is 0.465 e. The molecule has 0 aromatic heterocycles. The molecule has 22 heavy (non-hydrogen) atoms. The van der Waals surface area contributed by atoms with Gasteiger partial charge in [0, 0.05) is 17.1 Å². The van der Waals surface area contributed by atoms with Gasteiger partial charge in [-0.2, -0.15) is 0 Å². The zero-order valence-electron chi connectivity index (χ0n) is 13.0. The topological polar surface area (TPSA) is 29.5 Å². The molecule has 0 saturated carbocycles. The first kappa shape index (κ1) is 16.8. The smallest absolute Gasteiger partial charge is 0.346 e. The van der Waals surface area contributed by atoms with Gasteiger partial charge in [0.1, 0.15) is 4.91 Å². The van der Waals surface area contributed by atoms with Crippen molar-refractivity contribution in [2.45, 2.75) is 20.3 Å². The zero-order chi connectivity index (χ0) is 16.1. The number of methoxy groups -OCH3 is 1. The summed E-state index contributed by atoms with van der Waals surface area (Å²) < 4.78 is 4.89. The van der Waals surface area contributed by atoms with E-state index in [1.165, 1.54) is 18.9 Å². The maximum absolute atomic E-state index is 12.0. The average molecular weight is 333 g/mol. The highest BCUT2D eigenvalue weighted by atomic mass is 32.2. The number of rotatable bonds is 5. The minimum absolute atomic E-state index is 0.283. The highest BCUT2D eigenvalue weighted by molar-refractivity contribution is 8.07. The summed E-state index contributed by atoms with van der Waals surface area (Å²) in [5.41, 5.74) is 2.01. The van der Waals surface area contributed by atoms with Crippen LogP contribution < -0.4 is 0 Å². The van der Waals surface area contributed by atoms with Gasteiger partial charge in [-0.1, -0.05) is 61.2 Å². The second-order valence-electron chi connectivity index (χ2n) is 4.68. The van der Waals surface area contributed by atoms with E-state index in [4.69, 9.17) is 17.0 Å². The van der Waals surface area contributed by atoms with E-state index in [0.717, 1.165) is 34.1 Å². The fourth-order valence-electron chi connectivity index (χ4n) is 2.33. The molecule has 0 unspecified atom stereocenters. The predicted octanol–water partition coefficient (Wildman–Crippen LogP) is 4.11. The number of nitrogens with zero attached hydrogens (tertiary/aromatic N) is 1. The van der Waals surface area contributed by atoms with Crippen LogP contribution in [0.15, 0.2) is 52.0 Å². The third-order valence-corrected chi connectivity index (χ3v) is 4.90. The van der Waals surface area contributed by atoms with Gasteiger partial charge in [-0.15, -0.1) is 0 Å². The van der Waals surface area contributed by atoms with E-state index in [1.54, 1.807) is 0 Å². The highest BCUT2D eigenvalue weighted by Crippen LogP contribution is 2.42. The second kappa shape index (κ2) is 7.61. The minimum atomic E-state index is -0.283. The van der Waals surface area contributed by atoms with Crippen LogP contribution in [0.2, 0.25) is 0 Å². The first-order chi connectivity index (χ1) is 10.6. The molecule has 5 heteroatoms. The van der Waals surface area contributed by atoms with E-state index >= 15 is 0 Å². The fourth-order valence-corrected chi connectivity index (χ4v) is 3.93.